The van der Waals surface area contributed by atoms with Gasteiger partial charge in [-0.05, 0) is 24.6 Å². The molecule has 0 saturated carbocycles. The van der Waals surface area contributed by atoms with Gasteiger partial charge in [-0.25, -0.2) is 13.5 Å². The van der Waals surface area contributed by atoms with Gasteiger partial charge in [-0.15, -0.1) is 0 Å². The van der Waals surface area contributed by atoms with Crippen molar-refractivity contribution < 1.29 is 18.3 Å². The van der Waals surface area contributed by atoms with Gasteiger partial charge in [-0.1, -0.05) is 6.92 Å². The molecule has 0 unspecified atom stereocenters. The number of nitrogens with zero attached hydrogens (tertiary/aromatic N) is 2. The lowest BCUT2D eigenvalue weighted by molar-refractivity contribution is 0.0946. The fourth-order valence-electron chi connectivity index (χ4n) is 1.61. The van der Waals surface area contributed by atoms with Crippen LogP contribution in [0.25, 0.3) is 0 Å². The van der Waals surface area contributed by atoms with Crippen LogP contribution in [0.15, 0.2) is 30.5 Å². The lowest BCUT2D eigenvalue weighted by Crippen LogP contribution is -2.24. The number of aromatic nitrogens is 2. The highest BCUT2D eigenvalue weighted by molar-refractivity contribution is 5.92. The minimum atomic E-state index is -0.789. The summed E-state index contributed by atoms with van der Waals surface area (Å²) in [6.07, 6.45) is 2.38. The van der Waals surface area contributed by atoms with Gasteiger partial charge in [0.1, 0.15) is 11.5 Å². The van der Waals surface area contributed by atoms with Gasteiger partial charge in [-0.2, -0.15) is 5.10 Å². The average Bonchev–Trinajstić information content (AvgIpc) is 2.93. The fourth-order valence-corrected chi connectivity index (χ4v) is 1.61. The number of hydrogen-bond donors (Lipinski definition) is 1. The third kappa shape index (κ3) is 4.01. The van der Waals surface area contributed by atoms with Crippen LogP contribution >= 0.6 is 0 Å². The van der Waals surface area contributed by atoms with Crippen molar-refractivity contribution in [1.29, 1.82) is 0 Å². The van der Waals surface area contributed by atoms with Crippen LogP contribution < -0.4 is 10.1 Å². The number of carbonyl (C=O) groups excluding carboxylic acids is 1. The molecule has 1 aromatic carbocycles. The normalized spacial score (nSPS) is 10.4. The quantitative estimate of drug-likeness (QED) is 0.890. The van der Waals surface area contributed by atoms with Gasteiger partial charge in [0.25, 0.3) is 5.91 Å². The topological polar surface area (TPSA) is 56.2 Å². The summed E-state index contributed by atoms with van der Waals surface area (Å²) in [5.74, 6) is -1.82. The molecule has 0 aliphatic carbocycles. The van der Waals surface area contributed by atoms with E-state index in [1.165, 1.54) is 16.8 Å². The Bertz CT molecular complexity index is 628. The molecule has 0 atom stereocenters. The third-order valence-electron chi connectivity index (χ3n) is 2.66. The molecule has 2 rings (SSSR count). The zero-order valence-corrected chi connectivity index (χ0v) is 11.5. The van der Waals surface area contributed by atoms with Crippen molar-refractivity contribution in [2.45, 2.75) is 20.1 Å². The van der Waals surface area contributed by atoms with E-state index in [0.29, 0.717) is 6.54 Å². The Morgan fingerprint density at radius 3 is 2.90 bits per heavy atom. The van der Waals surface area contributed by atoms with E-state index in [1.54, 1.807) is 6.20 Å². The number of amides is 1. The van der Waals surface area contributed by atoms with Gasteiger partial charge in [0, 0.05) is 18.8 Å². The molecular formula is C14H15F2N3O2. The smallest absolute Gasteiger partial charge is 0.271 e. The molecule has 1 heterocycles. The predicted octanol–water partition coefficient (Wildman–Crippen LogP) is 2.34. The van der Waals surface area contributed by atoms with Crippen LogP contribution in [0.1, 0.15) is 23.8 Å². The van der Waals surface area contributed by atoms with E-state index in [9.17, 15) is 13.6 Å². The number of hydrogen-bond acceptors (Lipinski definition) is 3. The van der Waals surface area contributed by atoms with Crippen molar-refractivity contribution in [3.05, 3.63) is 47.8 Å². The summed E-state index contributed by atoms with van der Waals surface area (Å²) in [7, 11) is 0. The minimum absolute atomic E-state index is 0.0797. The van der Waals surface area contributed by atoms with Crippen LogP contribution in [-0.2, 0) is 6.73 Å². The van der Waals surface area contributed by atoms with Crippen LogP contribution in [0.5, 0.6) is 5.75 Å². The van der Waals surface area contributed by atoms with Gasteiger partial charge in [0.05, 0.1) is 0 Å². The maximum atomic E-state index is 13.4. The van der Waals surface area contributed by atoms with E-state index in [0.717, 1.165) is 18.6 Å². The Balaban J connectivity index is 1.95. The van der Waals surface area contributed by atoms with Gasteiger partial charge < -0.3 is 10.1 Å². The highest BCUT2D eigenvalue weighted by Gasteiger charge is 2.09. The average molecular weight is 295 g/mol. The number of benzene rings is 1. The van der Waals surface area contributed by atoms with Crippen LogP contribution in [0.3, 0.4) is 0 Å². The summed E-state index contributed by atoms with van der Waals surface area (Å²) in [5.41, 5.74) is 0.256. The Morgan fingerprint density at radius 1 is 1.38 bits per heavy atom. The van der Waals surface area contributed by atoms with E-state index in [-0.39, 0.29) is 24.1 Å². The van der Waals surface area contributed by atoms with Crippen molar-refractivity contribution in [3.63, 3.8) is 0 Å². The van der Waals surface area contributed by atoms with E-state index in [1.807, 2.05) is 6.92 Å². The van der Waals surface area contributed by atoms with Crippen molar-refractivity contribution in [3.8, 4) is 5.75 Å². The summed E-state index contributed by atoms with van der Waals surface area (Å²) in [6, 6.07) is 4.57. The molecular weight excluding hydrogens is 280 g/mol. The minimum Gasteiger partial charge on any atom is -0.468 e. The molecule has 5 nitrogen and oxygen atoms in total. The van der Waals surface area contributed by atoms with Gasteiger partial charge in [0.15, 0.2) is 18.3 Å². The first-order valence-electron chi connectivity index (χ1n) is 6.49. The molecule has 1 amide bonds. The van der Waals surface area contributed by atoms with Crippen molar-refractivity contribution in [2.75, 3.05) is 6.54 Å². The molecule has 7 heteroatoms. The van der Waals surface area contributed by atoms with Gasteiger partial charge in [0.2, 0.25) is 0 Å². The summed E-state index contributed by atoms with van der Waals surface area (Å²) in [5, 5.41) is 6.70. The first kappa shape index (κ1) is 15.0. The van der Waals surface area contributed by atoms with Gasteiger partial charge in [-0.3, -0.25) is 4.79 Å². The first-order chi connectivity index (χ1) is 10.1. The van der Waals surface area contributed by atoms with E-state index < -0.39 is 11.6 Å². The van der Waals surface area contributed by atoms with Crippen LogP contribution in [0.4, 0.5) is 8.78 Å². The summed E-state index contributed by atoms with van der Waals surface area (Å²) < 4.78 is 32.6. The molecule has 0 bridgehead atoms. The SMILES string of the molecule is CCCNC(=O)c1ccn(COc2ccc(F)cc2F)n1. The van der Waals surface area contributed by atoms with Crippen molar-refractivity contribution in [2.24, 2.45) is 0 Å². The second-order valence-electron chi connectivity index (χ2n) is 4.34. The van der Waals surface area contributed by atoms with Crippen LogP contribution in [0, 0.1) is 11.6 Å². The number of ether oxygens (including phenoxy) is 1. The largest absolute Gasteiger partial charge is 0.468 e. The molecule has 0 aliphatic heterocycles. The Labute approximate surface area is 120 Å². The number of nitrogens with one attached hydrogen (secondary N) is 1. The molecule has 1 aromatic heterocycles. The molecule has 0 radical (unpaired) electrons. The van der Waals surface area contributed by atoms with E-state index >= 15 is 0 Å². The lowest BCUT2D eigenvalue weighted by atomic mass is 10.3. The highest BCUT2D eigenvalue weighted by Crippen LogP contribution is 2.17. The standard InChI is InChI=1S/C14H15F2N3O2/c1-2-6-17-14(20)12-5-7-19(18-12)9-21-13-4-3-10(15)8-11(13)16/h3-5,7-8H,2,6,9H2,1H3,(H,17,20). The fraction of sp³-hybridized carbons (Fsp3) is 0.286. The van der Waals surface area contributed by atoms with E-state index in [4.69, 9.17) is 4.74 Å². The number of carbonyl (C=O) groups is 1. The lowest BCUT2D eigenvalue weighted by Gasteiger charge is -2.07. The molecule has 0 spiro atoms. The van der Waals surface area contributed by atoms with Crippen LogP contribution in [0.2, 0.25) is 0 Å². The summed E-state index contributed by atoms with van der Waals surface area (Å²) in [6.45, 7) is 2.44. The Hall–Kier alpha value is -2.44. The third-order valence-corrected chi connectivity index (χ3v) is 2.66. The number of halogens is 2. The molecule has 0 aliphatic rings. The maximum absolute atomic E-state index is 13.4. The first-order valence-corrected chi connectivity index (χ1v) is 6.49. The Kier molecular flexibility index (Phi) is 4.86. The van der Waals surface area contributed by atoms with E-state index in [2.05, 4.69) is 10.4 Å². The summed E-state index contributed by atoms with van der Waals surface area (Å²) in [4.78, 5) is 11.7. The maximum Gasteiger partial charge on any atom is 0.271 e. The highest BCUT2D eigenvalue weighted by atomic mass is 19.1. The molecule has 1 N–H and O–H groups in total. The zero-order valence-electron chi connectivity index (χ0n) is 11.5. The van der Waals surface area contributed by atoms with Gasteiger partial charge >= 0.3 is 0 Å². The van der Waals surface area contributed by atoms with Crippen LogP contribution in [-0.4, -0.2) is 22.2 Å². The molecule has 112 valence electrons. The molecule has 0 saturated heterocycles. The second-order valence-corrected chi connectivity index (χ2v) is 4.34. The zero-order chi connectivity index (χ0) is 15.2. The van der Waals surface area contributed by atoms with Crippen molar-refractivity contribution >= 4 is 5.91 Å². The Morgan fingerprint density at radius 2 is 2.19 bits per heavy atom. The predicted molar refractivity (Wildman–Crippen MR) is 71.8 cm³/mol. The summed E-state index contributed by atoms with van der Waals surface area (Å²) >= 11 is 0. The van der Waals surface area contributed by atoms with Crippen molar-refractivity contribution in [1.82, 2.24) is 15.1 Å². The molecule has 2 aromatic rings. The second kappa shape index (κ2) is 6.83. The number of rotatable bonds is 6. The molecule has 0 fully saturated rings. The monoisotopic (exact) mass is 295 g/mol. The molecule has 21 heavy (non-hydrogen) atoms.